The van der Waals surface area contributed by atoms with Crippen LogP contribution in [-0.4, -0.2) is 42.7 Å². The van der Waals surface area contributed by atoms with Gasteiger partial charge in [0.15, 0.2) is 0 Å². The number of nitrogens with two attached hydrogens (primary N) is 1. The Labute approximate surface area is 152 Å². The van der Waals surface area contributed by atoms with Crippen LogP contribution >= 0.6 is 0 Å². The number of rotatable bonds is 10. The molecular weight excluding hydrogens is 314 g/mol. The van der Waals surface area contributed by atoms with Crippen LogP contribution in [0.25, 0.3) is 0 Å². The lowest BCUT2D eigenvalue weighted by atomic mass is 9.89. The summed E-state index contributed by atoms with van der Waals surface area (Å²) in [6, 6.07) is 9.67. The van der Waals surface area contributed by atoms with Crippen LogP contribution in [0.3, 0.4) is 0 Å². The van der Waals surface area contributed by atoms with E-state index in [2.05, 4.69) is 31.0 Å². The summed E-state index contributed by atoms with van der Waals surface area (Å²) < 4.78 is 5.24. The number of alkyl carbamates (subject to hydrolysis) is 1. The van der Waals surface area contributed by atoms with Crippen molar-refractivity contribution >= 4 is 6.09 Å². The third kappa shape index (κ3) is 10.1. The van der Waals surface area contributed by atoms with Gasteiger partial charge < -0.3 is 15.8 Å². The largest absolute Gasteiger partial charge is 0.445 e. The minimum atomic E-state index is -0.384. The van der Waals surface area contributed by atoms with Crippen LogP contribution in [0.15, 0.2) is 30.3 Å². The summed E-state index contributed by atoms with van der Waals surface area (Å²) in [4.78, 5) is 14.2. The lowest BCUT2D eigenvalue weighted by molar-refractivity contribution is 0.130. The molecule has 142 valence electrons. The maximum Gasteiger partial charge on any atom is 0.407 e. The van der Waals surface area contributed by atoms with Gasteiger partial charge in [-0.05, 0) is 31.2 Å². The number of nitrogens with one attached hydrogen (secondary N) is 1. The van der Waals surface area contributed by atoms with E-state index >= 15 is 0 Å². The fraction of sp³-hybridized carbons (Fsp3) is 0.650. The molecule has 0 saturated heterocycles. The highest BCUT2D eigenvalue weighted by Gasteiger charge is 2.23. The number of nitrogens with zero attached hydrogens (tertiary/aromatic N) is 1. The molecule has 0 heterocycles. The van der Waals surface area contributed by atoms with Crippen molar-refractivity contribution in [2.24, 2.45) is 11.1 Å². The van der Waals surface area contributed by atoms with Gasteiger partial charge in [0, 0.05) is 31.7 Å². The molecule has 0 saturated carbocycles. The Hall–Kier alpha value is -1.59. The van der Waals surface area contributed by atoms with Gasteiger partial charge in [-0.15, -0.1) is 0 Å². The van der Waals surface area contributed by atoms with Gasteiger partial charge in [-0.25, -0.2) is 4.79 Å². The average molecular weight is 350 g/mol. The van der Waals surface area contributed by atoms with Gasteiger partial charge >= 0.3 is 6.09 Å². The Balaban J connectivity index is 2.40. The average Bonchev–Trinajstić information content (AvgIpc) is 2.52. The first-order valence-electron chi connectivity index (χ1n) is 9.07. The van der Waals surface area contributed by atoms with Crippen molar-refractivity contribution in [1.29, 1.82) is 0 Å². The van der Waals surface area contributed by atoms with Gasteiger partial charge in [-0.2, -0.15) is 0 Å². The molecule has 5 heteroatoms. The van der Waals surface area contributed by atoms with E-state index in [0.29, 0.717) is 6.54 Å². The fourth-order valence-electron chi connectivity index (χ4n) is 2.60. The Morgan fingerprint density at radius 3 is 2.36 bits per heavy atom. The zero-order valence-corrected chi connectivity index (χ0v) is 16.5. The molecule has 0 spiro atoms. The Bertz CT molecular complexity index is 509. The van der Waals surface area contributed by atoms with Gasteiger partial charge in [0.05, 0.1) is 0 Å². The van der Waals surface area contributed by atoms with Crippen LogP contribution in [0.2, 0.25) is 0 Å². The van der Waals surface area contributed by atoms with Crippen LogP contribution in [-0.2, 0) is 11.3 Å². The number of ether oxygens (including phenoxy) is 1. The molecule has 25 heavy (non-hydrogen) atoms. The molecule has 0 aromatic heterocycles. The molecule has 1 amide bonds. The normalized spacial score (nSPS) is 12.3. The van der Waals surface area contributed by atoms with E-state index in [1.807, 2.05) is 44.2 Å². The van der Waals surface area contributed by atoms with E-state index < -0.39 is 0 Å². The highest BCUT2D eigenvalue weighted by molar-refractivity contribution is 5.67. The summed E-state index contributed by atoms with van der Waals surface area (Å²) in [5, 5.41) is 2.83. The maximum absolute atomic E-state index is 11.8. The number of hydrogen-bond donors (Lipinski definition) is 2. The van der Waals surface area contributed by atoms with Crippen molar-refractivity contribution in [3.8, 4) is 0 Å². The number of carbonyl (C=O) groups is 1. The SMILES string of the molecule is CCC(C)(C)CN(CCNC(=O)OCc1ccccc1)CC(C)(C)N. The molecular formula is C20H35N3O2. The fourth-order valence-corrected chi connectivity index (χ4v) is 2.60. The molecule has 0 bridgehead atoms. The van der Waals surface area contributed by atoms with Crippen molar-refractivity contribution in [1.82, 2.24) is 10.2 Å². The molecule has 0 radical (unpaired) electrons. The number of benzene rings is 1. The second-order valence-corrected chi connectivity index (χ2v) is 8.21. The minimum Gasteiger partial charge on any atom is -0.445 e. The predicted molar refractivity (Wildman–Crippen MR) is 103 cm³/mol. The van der Waals surface area contributed by atoms with Crippen LogP contribution in [0.1, 0.15) is 46.6 Å². The zero-order chi connectivity index (χ0) is 18.9. The van der Waals surface area contributed by atoms with Crippen LogP contribution in [0.4, 0.5) is 4.79 Å². The topological polar surface area (TPSA) is 67.6 Å². The summed E-state index contributed by atoms with van der Waals surface area (Å²) in [7, 11) is 0. The molecule has 0 fully saturated rings. The quantitative estimate of drug-likeness (QED) is 0.679. The first-order valence-corrected chi connectivity index (χ1v) is 9.07. The first kappa shape index (κ1) is 21.5. The zero-order valence-electron chi connectivity index (χ0n) is 16.5. The van der Waals surface area contributed by atoms with Crippen LogP contribution in [0, 0.1) is 5.41 Å². The van der Waals surface area contributed by atoms with Crippen LogP contribution < -0.4 is 11.1 Å². The molecule has 0 aliphatic heterocycles. The maximum atomic E-state index is 11.8. The standard InChI is InChI=1S/C20H35N3O2/c1-6-19(2,3)15-23(16-20(4,5)21)13-12-22-18(24)25-14-17-10-8-7-9-11-17/h7-11H,6,12-16,21H2,1-5H3,(H,22,24). The number of hydrogen-bond acceptors (Lipinski definition) is 4. The van der Waals surface area contributed by atoms with E-state index in [0.717, 1.165) is 31.6 Å². The minimum absolute atomic E-state index is 0.221. The summed E-state index contributed by atoms with van der Waals surface area (Å²) in [6.07, 6.45) is 0.715. The lowest BCUT2D eigenvalue weighted by Gasteiger charge is -2.35. The van der Waals surface area contributed by atoms with Crippen molar-refractivity contribution in [2.45, 2.75) is 53.2 Å². The van der Waals surface area contributed by atoms with E-state index in [9.17, 15) is 4.79 Å². The summed E-state index contributed by atoms with van der Waals surface area (Å²) in [6.45, 7) is 14.1. The molecule has 0 aliphatic carbocycles. The monoisotopic (exact) mass is 349 g/mol. The Kier molecular flexibility index (Phi) is 8.39. The van der Waals surface area contributed by atoms with E-state index in [4.69, 9.17) is 10.5 Å². The van der Waals surface area contributed by atoms with Gasteiger partial charge in [0.2, 0.25) is 0 Å². The summed E-state index contributed by atoms with van der Waals surface area (Å²) in [5.74, 6) is 0. The molecule has 0 atom stereocenters. The van der Waals surface area contributed by atoms with E-state index in [1.54, 1.807) is 0 Å². The molecule has 3 N–H and O–H groups in total. The van der Waals surface area contributed by atoms with E-state index in [-0.39, 0.29) is 23.7 Å². The van der Waals surface area contributed by atoms with Gasteiger partial charge in [0.25, 0.3) is 0 Å². The van der Waals surface area contributed by atoms with Crippen molar-refractivity contribution in [3.63, 3.8) is 0 Å². The molecule has 1 rings (SSSR count). The third-order valence-electron chi connectivity index (χ3n) is 4.15. The molecule has 0 aliphatic rings. The summed E-state index contributed by atoms with van der Waals surface area (Å²) in [5.41, 5.74) is 7.12. The van der Waals surface area contributed by atoms with Gasteiger partial charge in [-0.1, -0.05) is 51.1 Å². The number of amides is 1. The molecule has 0 unspecified atom stereocenters. The Morgan fingerprint density at radius 2 is 1.80 bits per heavy atom. The lowest BCUT2D eigenvalue weighted by Crippen LogP contribution is -2.49. The van der Waals surface area contributed by atoms with Gasteiger partial charge in [-0.3, -0.25) is 4.90 Å². The van der Waals surface area contributed by atoms with Crippen LogP contribution in [0.5, 0.6) is 0 Å². The second kappa shape index (κ2) is 9.78. The molecule has 5 nitrogen and oxygen atoms in total. The smallest absolute Gasteiger partial charge is 0.407 e. The van der Waals surface area contributed by atoms with Crippen molar-refractivity contribution in [2.75, 3.05) is 26.2 Å². The van der Waals surface area contributed by atoms with E-state index in [1.165, 1.54) is 0 Å². The highest BCUT2D eigenvalue weighted by Crippen LogP contribution is 2.21. The first-order chi connectivity index (χ1) is 11.6. The third-order valence-corrected chi connectivity index (χ3v) is 4.15. The molecule has 1 aromatic carbocycles. The summed E-state index contributed by atoms with van der Waals surface area (Å²) >= 11 is 0. The second-order valence-electron chi connectivity index (χ2n) is 8.21. The number of carbonyl (C=O) groups excluding carboxylic acids is 1. The van der Waals surface area contributed by atoms with Crippen molar-refractivity contribution in [3.05, 3.63) is 35.9 Å². The van der Waals surface area contributed by atoms with Gasteiger partial charge in [0.1, 0.15) is 6.61 Å². The highest BCUT2D eigenvalue weighted by atomic mass is 16.5. The van der Waals surface area contributed by atoms with Crippen molar-refractivity contribution < 1.29 is 9.53 Å². The Morgan fingerprint density at radius 1 is 1.16 bits per heavy atom. The molecule has 1 aromatic rings. The predicted octanol–water partition coefficient (Wildman–Crippen LogP) is 3.39.